The first-order valence-electron chi connectivity index (χ1n) is 5.48. The summed E-state index contributed by atoms with van der Waals surface area (Å²) in [5, 5.41) is 0.876. The van der Waals surface area contributed by atoms with Gasteiger partial charge in [-0.05, 0) is 25.6 Å². The molecule has 1 aliphatic rings. The van der Waals surface area contributed by atoms with Crippen molar-refractivity contribution in [2.45, 2.75) is 13.0 Å². The maximum Gasteiger partial charge on any atom is 0.192 e. The number of benzene rings is 1. The number of rotatable bonds is 0. The van der Waals surface area contributed by atoms with E-state index in [9.17, 15) is 4.79 Å². The lowest BCUT2D eigenvalue weighted by atomic mass is 10.1. The van der Waals surface area contributed by atoms with Crippen LogP contribution in [0.2, 0.25) is 0 Å². The van der Waals surface area contributed by atoms with Crippen molar-refractivity contribution in [1.82, 2.24) is 4.90 Å². The molecule has 17 heavy (non-hydrogen) atoms. The summed E-state index contributed by atoms with van der Waals surface area (Å²) >= 11 is 1.78. The van der Waals surface area contributed by atoms with Gasteiger partial charge in [0.25, 0.3) is 0 Å². The van der Waals surface area contributed by atoms with Crippen molar-refractivity contribution in [2.24, 2.45) is 0 Å². The molecule has 0 aliphatic carbocycles. The highest BCUT2D eigenvalue weighted by molar-refractivity contribution is 7.18. The molecule has 0 N–H and O–H groups in total. The van der Waals surface area contributed by atoms with Gasteiger partial charge < -0.3 is 4.90 Å². The highest BCUT2D eigenvalue weighted by Gasteiger charge is 2.18. The van der Waals surface area contributed by atoms with Crippen LogP contribution < -0.4 is 5.43 Å². The fourth-order valence-corrected chi connectivity index (χ4v) is 3.39. The minimum atomic E-state index is 0. The van der Waals surface area contributed by atoms with E-state index in [4.69, 9.17) is 0 Å². The molecular weight excluding hydrogens is 254 g/mol. The van der Waals surface area contributed by atoms with Gasteiger partial charge in [-0.3, -0.25) is 4.79 Å². The number of hydrogen-bond acceptors (Lipinski definition) is 3. The quantitative estimate of drug-likeness (QED) is 0.731. The number of likely N-dealkylation sites (N-methyl/N-ethyl adjacent to an activating group) is 1. The summed E-state index contributed by atoms with van der Waals surface area (Å²) in [5.41, 5.74) is 1.24. The van der Waals surface area contributed by atoms with Crippen LogP contribution >= 0.6 is 23.7 Å². The van der Waals surface area contributed by atoms with E-state index in [1.165, 1.54) is 4.88 Å². The van der Waals surface area contributed by atoms with Gasteiger partial charge in [-0.2, -0.15) is 0 Å². The normalized spacial score (nSPS) is 15.4. The van der Waals surface area contributed by atoms with Gasteiger partial charge in [0.1, 0.15) is 0 Å². The van der Waals surface area contributed by atoms with Gasteiger partial charge in [0, 0.05) is 33.6 Å². The first kappa shape index (κ1) is 12.6. The van der Waals surface area contributed by atoms with Crippen molar-refractivity contribution >= 4 is 33.8 Å². The van der Waals surface area contributed by atoms with Crippen molar-refractivity contribution in [1.29, 1.82) is 0 Å². The zero-order valence-electron chi connectivity index (χ0n) is 9.60. The van der Waals surface area contributed by atoms with Gasteiger partial charge in [-0.25, -0.2) is 0 Å². The molecule has 0 amide bonds. The highest BCUT2D eigenvalue weighted by atomic mass is 35.5. The molecule has 90 valence electrons. The minimum absolute atomic E-state index is 0. The molecule has 3 rings (SSSR count). The van der Waals surface area contributed by atoms with E-state index >= 15 is 0 Å². The Balaban J connectivity index is 0.00000108. The average Bonchev–Trinajstić information content (AvgIpc) is 2.31. The Kier molecular flexibility index (Phi) is 3.52. The molecule has 0 radical (unpaired) electrons. The standard InChI is InChI=1S/C13H13NOS.ClH/c1-14-7-6-12-10(8-14)13(15)9-4-2-3-5-11(9)16-12;/h2-5H,6-8H2,1H3;1H. The molecule has 0 spiro atoms. The van der Waals surface area contributed by atoms with E-state index in [1.807, 2.05) is 24.3 Å². The van der Waals surface area contributed by atoms with Crippen LogP contribution in [0.1, 0.15) is 10.4 Å². The lowest BCUT2D eigenvalue weighted by Gasteiger charge is -2.23. The van der Waals surface area contributed by atoms with Crippen LogP contribution in [0.3, 0.4) is 0 Å². The van der Waals surface area contributed by atoms with Crippen molar-refractivity contribution in [3.05, 3.63) is 44.9 Å². The van der Waals surface area contributed by atoms with Crippen LogP contribution in [0.5, 0.6) is 0 Å². The first-order chi connectivity index (χ1) is 7.75. The Morgan fingerprint density at radius 3 is 2.88 bits per heavy atom. The summed E-state index contributed by atoms with van der Waals surface area (Å²) in [6.07, 6.45) is 1.01. The van der Waals surface area contributed by atoms with Crippen LogP contribution in [-0.4, -0.2) is 18.5 Å². The minimum Gasteiger partial charge on any atom is -0.302 e. The summed E-state index contributed by atoms with van der Waals surface area (Å²) in [5.74, 6) is 0. The molecule has 2 aromatic rings. The van der Waals surface area contributed by atoms with E-state index < -0.39 is 0 Å². The molecule has 0 unspecified atom stereocenters. The number of nitrogens with zero attached hydrogens (tertiary/aromatic N) is 1. The zero-order valence-corrected chi connectivity index (χ0v) is 11.2. The molecule has 1 aromatic carbocycles. The summed E-state index contributed by atoms with van der Waals surface area (Å²) < 4.78 is 1.12. The SMILES string of the molecule is CN1CCc2sc3ccccc3c(=O)c2C1.Cl. The Morgan fingerprint density at radius 1 is 1.29 bits per heavy atom. The van der Waals surface area contributed by atoms with Crippen molar-refractivity contribution in [3.63, 3.8) is 0 Å². The van der Waals surface area contributed by atoms with Crippen molar-refractivity contribution in [2.75, 3.05) is 13.6 Å². The average molecular weight is 268 g/mol. The second-order valence-electron chi connectivity index (χ2n) is 4.32. The van der Waals surface area contributed by atoms with E-state index in [0.717, 1.165) is 35.2 Å². The molecule has 0 bridgehead atoms. The summed E-state index contributed by atoms with van der Waals surface area (Å²) in [4.78, 5) is 15.8. The molecule has 1 aromatic heterocycles. The van der Waals surface area contributed by atoms with Gasteiger partial charge >= 0.3 is 0 Å². The molecule has 0 saturated heterocycles. The number of halogens is 1. The summed E-state index contributed by atoms with van der Waals surface area (Å²) in [6, 6.07) is 7.91. The molecule has 0 saturated carbocycles. The fraction of sp³-hybridized carbons (Fsp3) is 0.308. The van der Waals surface area contributed by atoms with Crippen molar-refractivity contribution in [3.8, 4) is 0 Å². The van der Waals surface area contributed by atoms with E-state index in [0.29, 0.717) is 0 Å². The van der Waals surface area contributed by atoms with E-state index in [2.05, 4.69) is 11.9 Å². The first-order valence-corrected chi connectivity index (χ1v) is 6.29. The fourth-order valence-electron chi connectivity index (χ4n) is 2.23. The van der Waals surface area contributed by atoms with E-state index in [-0.39, 0.29) is 17.8 Å². The van der Waals surface area contributed by atoms with Crippen LogP contribution in [0.15, 0.2) is 29.1 Å². The lowest BCUT2D eigenvalue weighted by Crippen LogP contribution is -2.30. The summed E-state index contributed by atoms with van der Waals surface area (Å²) in [7, 11) is 2.07. The van der Waals surface area contributed by atoms with Crippen LogP contribution in [-0.2, 0) is 13.0 Å². The van der Waals surface area contributed by atoms with Gasteiger partial charge in [0.15, 0.2) is 5.43 Å². The van der Waals surface area contributed by atoms with Gasteiger partial charge in [0.2, 0.25) is 0 Å². The number of hydrogen-bond donors (Lipinski definition) is 0. The van der Waals surface area contributed by atoms with Gasteiger partial charge in [-0.15, -0.1) is 23.7 Å². The Morgan fingerprint density at radius 2 is 2.06 bits per heavy atom. The maximum atomic E-state index is 12.3. The van der Waals surface area contributed by atoms with Crippen LogP contribution in [0.4, 0.5) is 0 Å². The van der Waals surface area contributed by atoms with Crippen LogP contribution in [0, 0.1) is 0 Å². The molecule has 4 heteroatoms. The molecule has 1 aliphatic heterocycles. The topological polar surface area (TPSA) is 20.3 Å². The van der Waals surface area contributed by atoms with Gasteiger partial charge in [-0.1, -0.05) is 12.1 Å². The van der Waals surface area contributed by atoms with Crippen molar-refractivity contribution < 1.29 is 0 Å². The Hall–Kier alpha value is -0.900. The van der Waals surface area contributed by atoms with E-state index in [1.54, 1.807) is 11.3 Å². The maximum absolute atomic E-state index is 12.3. The second-order valence-corrected chi connectivity index (χ2v) is 5.45. The third-order valence-electron chi connectivity index (χ3n) is 3.12. The predicted molar refractivity (Wildman–Crippen MR) is 75.4 cm³/mol. The third kappa shape index (κ3) is 2.10. The van der Waals surface area contributed by atoms with Gasteiger partial charge in [0.05, 0.1) is 0 Å². The molecule has 2 nitrogen and oxygen atoms in total. The zero-order chi connectivity index (χ0) is 11.1. The molecule has 0 fully saturated rings. The molecule has 2 heterocycles. The molecular formula is C13H14ClNOS. The second kappa shape index (κ2) is 4.77. The Labute approximate surface area is 110 Å². The molecule has 0 atom stereocenters. The largest absolute Gasteiger partial charge is 0.302 e. The predicted octanol–water partition coefficient (Wildman–Crippen LogP) is 2.67. The smallest absolute Gasteiger partial charge is 0.192 e. The highest BCUT2D eigenvalue weighted by Crippen LogP contribution is 2.25. The Bertz CT molecular complexity index is 608. The number of fused-ring (bicyclic) bond motifs is 2. The summed E-state index contributed by atoms with van der Waals surface area (Å²) in [6.45, 7) is 1.86. The third-order valence-corrected chi connectivity index (χ3v) is 4.40. The monoisotopic (exact) mass is 267 g/mol. The lowest BCUT2D eigenvalue weighted by molar-refractivity contribution is 0.314. The van der Waals surface area contributed by atoms with Crippen LogP contribution in [0.25, 0.3) is 10.1 Å².